The van der Waals surface area contributed by atoms with Gasteiger partial charge in [0.05, 0.1) is 22.0 Å². The van der Waals surface area contributed by atoms with Crippen molar-refractivity contribution in [1.29, 1.82) is 0 Å². The Balaban J connectivity index is 1.72. The van der Waals surface area contributed by atoms with Gasteiger partial charge in [0.2, 0.25) is 5.89 Å². The minimum atomic E-state index is -4.86. The van der Waals surface area contributed by atoms with Gasteiger partial charge in [0.15, 0.2) is 15.3 Å². The Hall–Kier alpha value is -2.25. The molecule has 8 nitrogen and oxygen atoms in total. The molecule has 3 heterocycles. The number of fused-ring (bicyclic) bond motifs is 1. The summed E-state index contributed by atoms with van der Waals surface area (Å²) in [6.07, 6.45) is 4.25. The molecule has 3 atom stereocenters. The van der Waals surface area contributed by atoms with Crippen molar-refractivity contribution in [2.24, 2.45) is 0 Å². The van der Waals surface area contributed by atoms with Crippen LogP contribution in [0.5, 0.6) is 0 Å². The van der Waals surface area contributed by atoms with Crippen LogP contribution in [0.1, 0.15) is 26.2 Å². The van der Waals surface area contributed by atoms with E-state index in [9.17, 15) is 25.8 Å². The minimum Gasteiger partial charge on any atom is -0.435 e. The summed E-state index contributed by atoms with van der Waals surface area (Å²) < 4.78 is 86.8. The van der Waals surface area contributed by atoms with Gasteiger partial charge in [-0.3, -0.25) is 0 Å². The topological polar surface area (TPSA) is 111 Å². The van der Waals surface area contributed by atoms with E-state index in [0.717, 1.165) is 18.9 Å². The van der Waals surface area contributed by atoms with Crippen LogP contribution >= 0.6 is 0 Å². The number of anilines is 1. The highest BCUT2D eigenvalue weighted by atomic mass is 32.2. The fourth-order valence-electron chi connectivity index (χ4n) is 3.63. The third-order valence-electron chi connectivity index (χ3n) is 5.37. The van der Waals surface area contributed by atoms with E-state index in [1.54, 1.807) is 0 Å². The van der Waals surface area contributed by atoms with Crippen molar-refractivity contribution in [2.45, 2.75) is 47.9 Å². The highest BCUT2D eigenvalue weighted by molar-refractivity contribution is 7.91. The Morgan fingerprint density at radius 2 is 2.06 bits per heavy atom. The first kappa shape index (κ1) is 23.9. The average Bonchev–Trinajstić information content (AvgIpc) is 3.45. The Morgan fingerprint density at radius 3 is 2.73 bits per heavy atom. The number of hydrogen-bond donors (Lipinski definition) is 1. The lowest BCUT2D eigenvalue weighted by molar-refractivity contribution is -0.0387. The normalized spacial score (nSPS) is 21.7. The summed E-state index contributed by atoms with van der Waals surface area (Å²) in [5.74, 6) is 0.0600. The zero-order valence-electron chi connectivity index (χ0n) is 17.6. The van der Waals surface area contributed by atoms with Gasteiger partial charge in [-0.25, -0.2) is 22.6 Å². The van der Waals surface area contributed by atoms with Crippen LogP contribution in [0.25, 0.3) is 23.7 Å². The van der Waals surface area contributed by atoms with Gasteiger partial charge in [-0.2, -0.15) is 13.2 Å². The number of ether oxygens (including phenoxy) is 1. The molecule has 13 heteroatoms. The second-order valence-corrected chi connectivity index (χ2v) is 11.5. The number of nitrogens with one attached hydrogen (secondary N) is 1. The van der Waals surface area contributed by atoms with Crippen LogP contribution in [0.3, 0.4) is 0 Å². The van der Waals surface area contributed by atoms with Gasteiger partial charge in [-0.05, 0) is 43.5 Å². The summed E-state index contributed by atoms with van der Waals surface area (Å²) in [6.45, 7) is 2.66. The van der Waals surface area contributed by atoms with Crippen LogP contribution in [0, 0.1) is 0 Å². The summed E-state index contributed by atoms with van der Waals surface area (Å²) in [5, 5.41) is 1.88. The van der Waals surface area contributed by atoms with Crippen molar-refractivity contribution >= 4 is 38.6 Å². The second-order valence-electron chi connectivity index (χ2n) is 7.62. The Labute approximate surface area is 190 Å². The van der Waals surface area contributed by atoms with Gasteiger partial charge < -0.3 is 14.5 Å². The molecule has 0 aromatic carbocycles. The van der Waals surface area contributed by atoms with Gasteiger partial charge in [0, 0.05) is 13.2 Å². The SMILES string of the molecule is CCS(=O)(=O)c1ccc(NCC2CCCO2)nc1-c1nc2c(o1)=CCC(S(=O)C(F)(F)F)C=2. The first-order chi connectivity index (χ1) is 15.6. The molecule has 1 saturated heterocycles. The molecule has 0 spiro atoms. The molecule has 1 aliphatic carbocycles. The maximum atomic E-state index is 12.9. The number of pyridine rings is 1. The van der Waals surface area contributed by atoms with Crippen molar-refractivity contribution in [3.05, 3.63) is 22.9 Å². The molecule has 0 saturated carbocycles. The number of alkyl halides is 3. The van der Waals surface area contributed by atoms with Crippen molar-refractivity contribution in [1.82, 2.24) is 9.97 Å². The van der Waals surface area contributed by atoms with E-state index < -0.39 is 31.4 Å². The van der Waals surface area contributed by atoms with Gasteiger partial charge in [0.25, 0.3) is 0 Å². The molecule has 1 fully saturated rings. The highest BCUT2D eigenvalue weighted by Crippen LogP contribution is 2.28. The number of nitrogens with zero attached hydrogens (tertiary/aromatic N) is 2. The lowest BCUT2D eigenvalue weighted by Crippen LogP contribution is -2.34. The molecule has 2 aliphatic rings. The molecule has 2 aromatic rings. The summed E-state index contributed by atoms with van der Waals surface area (Å²) >= 11 is 0. The van der Waals surface area contributed by atoms with Crippen LogP contribution < -0.4 is 16.1 Å². The van der Waals surface area contributed by atoms with Gasteiger partial charge in [-0.15, -0.1) is 0 Å². The fourth-order valence-corrected chi connectivity index (χ4v) is 5.51. The number of rotatable bonds is 7. The van der Waals surface area contributed by atoms with Crippen molar-refractivity contribution in [3.63, 3.8) is 0 Å². The van der Waals surface area contributed by atoms with Crippen LogP contribution in [-0.2, 0) is 25.4 Å². The van der Waals surface area contributed by atoms with E-state index in [0.29, 0.717) is 19.0 Å². The maximum Gasteiger partial charge on any atom is 0.471 e. The molecule has 0 bridgehead atoms. The molecular weight excluding hydrogens is 483 g/mol. The fraction of sp³-hybridized carbons (Fsp3) is 0.500. The predicted molar refractivity (Wildman–Crippen MR) is 116 cm³/mol. The van der Waals surface area contributed by atoms with E-state index in [1.807, 2.05) is 0 Å². The molecule has 33 heavy (non-hydrogen) atoms. The number of aromatic nitrogens is 2. The lowest BCUT2D eigenvalue weighted by Gasteiger charge is -2.13. The van der Waals surface area contributed by atoms with Gasteiger partial charge in [0.1, 0.15) is 27.7 Å². The largest absolute Gasteiger partial charge is 0.471 e. The molecule has 1 N–H and O–H groups in total. The zero-order valence-corrected chi connectivity index (χ0v) is 19.2. The summed E-state index contributed by atoms with van der Waals surface area (Å²) in [5.41, 5.74) is -4.72. The third-order valence-corrected chi connectivity index (χ3v) is 8.47. The Bertz CT molecular complexity index is 1280. The van der Waals surface area contributed by atoms with Gasteiger partial charge in [-0.1, -0.05) is 6.92 Å². The maximum absolute atomic E-state index is 12.9. The minimum absolute atomic E-state index is 0.0268. The van der Waals surface area contributed by atoms with E-state index in [4.69, 9.17) is 9.15 Å². The standard InChI is InChI=1S/C20H22F3N3O5S2/c1-2-33(28,29)16-7-8-17(24-11-12-4-3-9-30-12)26-18(16)19-25-14-10-13(5-6-15(14)31-19)32(27)20(21,22)23/h6-8,10,12-13H,2-5,9,11H2,1H3,(H,24,26). The molecule has 4 rings (SSSR count). The van der Waals surface area contributed by atoms with Crippen molar-refractivity contribution in [2.75, 3.05) is 24.2 Å². The molecular formula is C20H22F3N3O5S2. The predicted octanol–water partition coefficient (Wildman–Crippen LogP) is 1.72. The van der Waals surface area contributed by atoms with Crippen LogP contribution in [0.4, 0.5) is 19.0 Å². The second kappa shape index (κ2) is 9.18. The monoisotopic (exact) mass is 505 g/mol. The van der Waals surface area contributed by atoms with Crippen molar-refractivity contribution in [3.8, 4) is 11.6 Å². The Kier molecular flexibility index (Phi) is 6.65. The van der Waals surface area contributed by atoms with Crippen molar-refractivity contribution < 1.29 is 35.0 Å². The lowest BCUT2D eigenvalue weighted by atomic mass is 10.2. The van der Waals surface area contributed by atoms with E-state index in [2.05, 4.69) is 15.3 Å². The Morgan fingerprint density at radius 1 is 1.27 bits per heavy atom. The number of halogens is 3. The first-order valence-electron chi connectivity index (χ1n) is 10.3. The molecule has 0 radical (unpaired) electrons. The zero-order chi connectivity index (χ0) is 23.8. The average molecular weight is 506 g/mol. The summed E-state index contributed by atoms with van der Waals surface area (Å²) in [4.78, 5) is 8.48. The van der Waals surface area contributed by atoms with E-state index >= 15 is 0 Å². The number of sulfone groups is 1. The van der Waals surface area contributed by atoms with Gasteiger partial charge >= 0.3 is 5.51 Å². The quantitative estimate of drug-likeness (QED) is 0.606. The number of hydrogen-bond acceptors (Lipinski definition) is 8. The van der Waals surface area contributed by atoms with E-state index in [-0.39, 0.29) is 45.5 Å². The molecule has 180 valence electrons. The van der Waals surface area contributed by atoms with Crippen LogP contribution in [0.2, 0.25) is 0 Å². The molecule has 0 amide bonds. The molecule has 1 aliphatic heterocycles. The van der Waals surface area contributed by atoms with Crippen LogP contribution in [-0.4, -0.2) is 58.4 Å². The summed E-state index contributed by atoms with van der Waals surface area (Å²) in [7, 11) is -6.80. The third kappa shape index (κ3) is 5.14. The molecule has 3 unspecified atom stereocenters. The smallest absolute Gasteiger partial charge is 0.435 e. The van der Waals surface area contributed by atoms with Crippen LogP contribution in [0.15, 0.2) is 21.4 Å². The highest BCUT2D eigenvalue weighted by Gasteiger charge is 2.41. The number of oxazole rings is 1. The summed E-state index contributed by atoms with van der Waals surface area (Å²) in [6, 6.07) is 2.93. The first-order valence-corrected chi connectivity index (χ1v) is 13.2. The van der Waals surface area contributed by atoms with E-state index in [1.165, 1.54) is 25.1 Å². The molecule has 2 aromatic heterocycles.